The molecule has 0 aliphatic carbocycles. The normalized spacial score (nSPS) is 11.5. The molecule has 0 fully saturated rings. The molecule has 0 spiro atoms. The first-order valence-electron chi connectivity index (χ1n) is 8.26. The van der Waals surface area contributed by atoms with Crippen LogP contribution in [0.3, 0.4) is 0 Å². The molecular formula is C19H25FO4. The molecule has 0 atom stereocenters. The summed E-state index contributed by atoms with van der Waals surface area (Å²) in [5, 5.41) is 0. The van der Waals surface area contributed by atoms with Crippen LogP contribution in [0.15, 0.2) is 23.8 Å². The van der Waals surface area contributed by atoms with Crippen LogP contribution in [0.25, 0.3) is 6.08 Å². The molecule has 0 aliphatic heterocycles. The Morgan fingerprint density at radius 1 is 1.25 bits per heavy atom. The first-order chi connectivity index (χ1) is 11.4. The van der Waals surface area contributed by atoms with Crippen LogP contribution >= 0.6 is 0 Å². The maximum Gasteiger partial charge on any atom is 0.341 e. The fourth-order valence-corrected chi connectivity index (χ4v) is 1.98. The molecule has 5 heteroatoms. The number of ether oxygens (including phenoxy) is 2. The predicted molar refractivity (Wildman–Crippen MR) is 91.3 cm³/mol. The summed E-state index contributed by atoms with van der Waals surface area (Å²) < 4.78 is 24.1. The highest BCUT2D eigenvalue weighted by molar-refractivity contribution is 6.21. The van der Waals surface area contributed by atoms with Gasteiger partial charge in [-0.05, 0) is 31.6 Å². The molecule has 0 N–H and O–H groups in total. The highest BCUT2D eigenvalue weighted by Gasteiger charge is 2.22. The van der Waals surface area contributed by atoms with Crippen molar-refractivity contribution in [1.29, 1.82) is 0 Å². The molecule has 24 heavy (non-hydrogen) atoms. The lowest BCUT2D eigenvalue weighted by atomic mass is 9.98. The number of Topliss-reactive ketones (excluding diaryl/α,β-unsaturated/α-hetero) is 1. The molecule has 0 heterocycles. The number of unbranched alkanes of at least 4 members (excludes halogenated alkanes) is 1. The van der Waals surface area contributed by atoms with E-state index in [4.69, 9.17) is 9.47 Å². The molecule has 0 amide bonds. The van der Waals surface area contributed by atoms with Crippen molar-refractivity contribution in [2.45, 2.75) is 40.5 Å². The van der Waals surface area contributed by atoms with Gasteiger partial charge in [-0.1, -0.05) is 27.2 Å². The first kappa shape index (κ1) is 19.9. The van der Waals surface area contributed by atoms with Crippen molar-refractivity contribution in [3.8, 4) is 5.75 Å². The topological polar surface area (TPSA) is 52.6 Å². The van der Waals surface area contributed by atoms with Crippen molar-refractivity contribution in [3.63, 3.8) is 0 Å². The van der Waals surface area contributed by atoms with Gasteiger partial charge >= 0.3 is 5.97 Å². The van der Waals surface area contributed by atoms with Crippen LogP contribution in [0.5, 0.6) is 5.75 Å². The second-order valence-corrected chi connectivity index (χ2v) is 5.68. The fourth-order valence-electron chi connectivity index (χ4n) is 1.98. The molecule has 0 saturated carbocycles. The number of rotatable bonds is 9. The summed E-state index contributed by atoms with van der Waals surface area (Å²) in [6.45, 7) is 7.72. The van der Waals surface area contributed by atoms with E-state index >= 15 is 0 Å². The third-order valence-corrected chi connectivity index (χ3v) is 3.32. The Hall–Kier alpha value is -2.17. The molecule has 132 valence electrons. The minimum atomic E-state index is -0.681. The number of halogens is 1. The summed E-state index contributed by atoms with van der Waals surface area (Å²) in [5.74, 6) is -1.49. The summed E-state index contributed by atoms with van der Waals surface area (Å²) >= 11 is 0. The maximum atomic E-state index is 13.5. The summed E-state index contributed by atoms with van der Waals surface area (Å²) in [4.78, 5) is 24.4. The second-order valence-electron chi connectivity index (χ2n) is 5.68. The van der Waals surface area contributed by atoms with Gasteiger partial charge in [-0.25, -0.2) is 9.18 Å². The van der Waals surface area contributed by atoms with Gasteiger partial charge in [0.25, 0.3) is 0 Å². The summed E-state index contributed by atoms with van der Waals surface area (Å²) in [6, 6.07) is 4.01. The number of carbonyl (C=O) groups is 2. The quantitative estimate of drug-likeness (QED) is 0.223. The number of benzene rings is 1. The standard InChI is InChI=1S/C19H25FO4/c1-5-7-10-24-17-12-15(20)9-8-14(17)11-16(18(21)13(3)4)19(22)23-6-2/h8-9,11-13H,5-7,10H2,1-4H3. The second kappa shape index (κ2) is 9.85. The average Bonchev–Trinajstić information content (AvgIpc) is 2.53. The Morgan fingerprint density at radius 3 is 2.54 bits per heavy atom. The van der Waals surface area contributed by atoms with Gasteiger partial charge in [-0.2, -0.15) is 0 Å². The van der Waals surface area contributed by atoms with Crippen LogP contribution in [0.2, 0.25) is 0 Å². The van der Waals surface area contributed by atoms with Gasteiger partial charge < -0.3 is 9.47 Å². The highest BCUT2D eigenvalue weighted by Crippen LogP contribution is 2.24. The lowest BCUT2D eigenvalue weighted by molar-refractivity contribution is -0.140. The van der Waals surface area contributed by atoms with Gasteiger partial charge in [-0.15, -0.1) is 0 Å². The Morgan fingerprint density at radius 2 is 1.96 bits per heavy atom. The van der Waals surface area contributed by atoms with E-state index in [-0.39, 0.29) is 23.9 Å². The van der Waals surface area contributed by atoms with E-state index < -0.39 is 11.8 Å². The first-order valence-corrected chi connectivity index (χ1v) is 8.26. The summed E-state index contributed by atoms with van der Waals surface area (Å²) in [7, 11) is 0. The predicted octanol–water partition coefficient (Wildman–Crippen LogP) is 4.18. The van der Waals surface area contributed by atoms with Crippen molar-refractivity contribution in [1.82, 2.24) is 0 Å². The Bertz CT molecular complexity index is 605. The van der Waals surface area contributed by atoms with E-state index in [0.29, 0.717) is 17.9 Å². The number of ketones is 1. The third-order valence-electron chi connectivity index (χ3n) is 3.32. The highest BCUT2D eigenvalue weighted by atomic mass is 19.1. The van der Waals surface area contributed by atoms with Gasteiger partial charge in [0.05, 0.1) is 13.2 Å². The summed E-state index contributed by atoms with van der Waals surface area (Å²) in [5.41, 5.74) is 0.420. The molecular weight excluding hydrogens is 311 g/mol. The molecule has 0 aliphatic rings. The monoisotopic (exact) mass is 336 g/mol. The molecule has 4 nitrogen and oxygen atoms in total. The van der Waals surface area contributed by atoms with Gasteiger partial charge in [0.15, 0.2) is 5.78 Å². The Labute approximate surface area is 142 Å². The number of esters is 1. The minimum absolute atomic E-state index is 0.0567. The van der Waals surface area contributed by atoms with Gasteiger partial charge in [0, 0.05) is 17.5 Å². The number of hydrogen-bond donors (Lipinski definition) is 0. The Kier molecular flexibility index (Phi) is 8.16. The van der Waals surface area contributed by atoms with Gasteiger partial charge in [0.1, 0.15) is 17.1 Å². The van der Waals surface area contributed by atoms with Crippen molar-refractivity contribution < 1.29 is 23.5 Å². The molecule has 1 rings (SSSR count). The number of hydrogen-bond acceptors (Lipinski definition) is 4. The van der Waals surface area contributed by atoms with Crippen LogP contribution in [-0.2, 0) is 14.3 Å². The molecule has 0 unspecified atom stereocenters. The van der Waals surface area contributed by atoms with Crippen molar-refractivity contribution in [2.75, 3.05) is 13.2 Å². The number of carbonyl (C=O) groups excluding carboxylic acids is 2. The fraction of sp³-hybridized carbons (Fsp3) is 0.474. The molecule has 0 bridgehead atoms. The van der Waals surface area contributed by atoms with Crippen LogP contribution in [0.4, 0.5) is 4.39 Å². The lowest BCUT2D eigenvalue weighted by Crippen LogP contribution is -2.20. The molecule has 0 radical (unpaired) electrons. The van der Waals surface area contributed by atoms with Crippen molar-refractivity contribution in [3.05, 3.63) is 35.2 Å². The molecule has 0 saturated heterocycles. The van der Waals surface area contributed by atoms with E-state index in [1.54, 1.807) is 20.8 Å². The van der Waals surface area contributed by atoms with Gasteiger partial charge in [0.2, 0.25) is 0 Å². The minimum Gasteiger partial charge on any atom is -0.493 e. The summed E-state index contributed by atoms with van der Waals surface area (Å²) in [6.07, 6.45) is 3.19. The SMILES string of the molecule is CCCCOc1cc(F)ccc1C=C(C(=O)OCC)C(=O)C(C)C. The molecule has 1 aromatic rings. The zero-order chi connectivity index (χ0) is 18.1. The van der Waals surface area contributed by atoms with Crippen LogP contribution in [0.1, 0.15) is 46.1 Å². The molecule has 0 aromatic heterocycles. The average molecular weight is 336 g/mol. The smallest absolute Gasteiger partial charge is 0.341 e. The van der Waals surface area contributed by atoms with E-state index in [0.717, 1.165) is 12.8 Å². The van der Waals surface area contributed by atoms with Crippen LogP contribution < -0.4 is 4.74 Å². The van der Waals surface area contributed by atoms with Crippen LogP contribution in [0, 0.1) is 11.7 Å². The van der Waals surface area contributed by atoms with Crippen molar-refractivity contribution in [2.24, 2.45) is 5.92 Å². The van der Waals surface area contributed by atoms with E-state index in [1.165, 1.54) is 24.3 Å². The third kappa shape index (κ3) is 5.80. The largest absolute Gasteiger partial charge is 0.493 e. The maximum absolute atomic E-state index is 13.5. The zero-order valence-electron chi connectivity index (χ0n) is 14.7. The zero-order valence-corrected chi connectivity index (χ0v) is 14.7. The van der Waals surface area contributed by atoms with E-state index in [2.05, 4.69) is 0 Å². The lowest BCUT2D eigenvalue weighted by Gasteiger charge is -2.12. The van der Waals surface area contributed by atoms with E-state index in [9.17, 15) is 14.0 Å². The Balaban J connectivity index is 3.24. The van der Waals surface area contributed by atoms with Crippen molar-refractivity contribution >= 4 is 17.8 Å². The molecule has 1 aromatic carbocycles. The van der Waals surface area contributed by atoms with Crippen LogP contribution in [-0.4, -0.2) is 25.0 Å². The van der Waals surface area contributed by atoms with Gasteiger partial charge in [-0.3, -0.25) is 4.79 Å². The van der Waals surface area contributed by atoms with E-state index in [1.807, 2.05) is 6.92 Å².